The van der Waals surface area contributed by atoms with E-state index in [0.29, 0.717) is 19.8 Å². The molecular formula is C10H26IN2O3PS. The van der Waals surface area contributed by atoms with E-state index in [2.05, 4.69) is 31.5 Å². The molecule has 1 atom stereocenters. The van der Waals surface area contributed by atoms with Crippen molar-refractivity contribution in [2.75, 3.05) is 33.4 Å². The zero-order valence-electron chi connectivity index (χ0n) is 11.9. The molecule has 18 heavy (non-hydrogen) atoms. The van der Waals surface area contributed by atoms with Crippen molar-refractivity contribution in [3.8, 4) is 0 Å². The first-order chi connectivity index (χ1) is 8.54. The molecule has 0 aliphatic heterocycles. The van der Waals surface area contributed by atoms with Crippen LogP contribution in [-0.4, -0.2) is 39.5 Å². The summed E-state index contributed by atoms with van der Waals surface area (Å²) in [6.07, 6.45) is 0.0578. The van der Waals surface area contributed by atoms with Crippen molar-refractivity contribution >= 4 is 41.3 Å². The minimum atomic E-state index is -2.33. The molecule has 0 heterocycles. The Balaban J connectivity index is 0. The second kappa shape index (κ2) is 14.6. The van der Waals surface area contributed by atoms with Crippen LogP contribution < -0.4 is 8.62 Å². The molecule has 0 bridgehead atoms. The van der Waals surface area contributed by atoms with E-state index in [-0.39, 0.29) is 6.10 Å². The van der Waals surface area contributed by atoms with E-state index >= 15 is 0 Å². The summed E-state index contributed by atoms with van der Waals surface area (Å²) in [5.74, 6) is 0. The maximum atomic E-state index is 5.54. The summed E-state index contributed by atoms with van der Waals surface area (Å²) in [5, 5.41) is 3.09. The van der Waals surface area contributed by atoms with Crippen molar-refractivity contribution in [2.24, 2.45) is 0 Å². The summed E-state index contributed by atoms with van der Waals surface area (Å²) < 4.78 is 19.1. The monoisotopic (exact) mass is 412 g/mol. The minimum absolute atomic E-state index is 0.0578. The summed E-state index contributed by atoms with van der Waals surface area (Å²) >= 11 is 7.35. The van der Waals surface area contributed by atoms with Crippen LogP contribution in [0.15, 0.2) is 0 Å². The lowest BCUT2D eigenvalue weighted by Crippen LogP contribution is -2.22. The van der Waals surface area contributed by atoms with Crippen LogP contribution >= 0.6 is 29.5 Å². The molecule has 2 N–H and O–H groups in total. The third-order valence-electron chi connectivity index (χ3n) is 1.48. The first kappa shape index (κ1) is 21.5. The number of hydrogen-bond acceptors (Lipinski definition) is 5. The van der Waals surface area contributed by atoms with Crippen molar-refractivity contribution in [3.63, 3.8) is 0 Å². The van der Waals surface area contributed by atoms with E-state index in [1.165, 1.54) is 0 Å². The normalized spacial score (nSPS) is 13.9. The van der Waals surface area contributed by atoms with Crippen molar-refractivity contribution in [3.05, 3.63) is 0 Å². The van der Waals surface area contributed by atoms with Crippen molar-refractivity contribution in [1.29, 1.82) is 0 Å². The minimum Gasteiger partial charge on any atom is -0.379 e. The van der Waals surface area contributed by atoms with Gasteiger partial charge in [0.25, 0.3) is 6.64 Å². The van der Waals surface area contributed by atoms with Gasteiger partial charge in [-0.05, 0) is 25.7 Å². The Kier molecular flexibility index (Phi) is 17.4. The molecule has 0 aromatic carbocycles. The molecule has 0 spiro atoms. The molecule has 0 amide bonds. The van der Waals surface area contributed by atoms with Gasteiger partial charge in [-0.3, -0.25) is 3.53 Å². The van der Waals surface area contributed by atoms with Crippen LogP contribution in [0.4, 0.5) is 0 Å². The number of ether oxygens (including phenoxy) is 1. The van der Waals surface area contributed by atoms with E-state index in [9.17, 15) is 0 Å². The molecule has 0 radical (unpaired) electrons. The van der Waals surface area contributed by atoms with Gasteiger partial charge < -0.3 is 13.8 Å². The lowest BCUT2D eigenvalue weighted by molar-refractivity contribution is 0.142. The van der Waals surface area contributed by atoms with Crippen molar-refractivity contribution < 1.29 is 13.8 Å². The zero-order chi connectivity index (χ0) is 14.4. The summed E-state index contributed by atoms with van der Waals surface area (Å²) in [7, 11) is 1.57. The summed E-state index contributed by atoms with van der Waals surface area (Å²) in [6.45, 7) is 8.30. The zero-order valence-corrected chi connectivity index (χ0v) is 15.7. The molecule has 1 unspecified atom stereocenters. The highest BCUT2D eigenvalue weighted by atomic mass is 127. The Hall–Kier alpha value is 1.18. The quantitative estimate of drug-likeness (QED) is 0.249. The van der Waals surface area contributed by atoms with Gasteiger partial charge in [-0.15, -0.1) is 0 Å². The van der Waals surface area contributed by atoms with Gasteiger partial charge in [0, 0.05) is 43.1 Å². The molecule has 0 fully saturated rings. The molecule has 8 heteroatoms. The predicted molar refractivity (Wildman–Crippen MR) is 89.7 cm³/mol. The highest BCUT2D eigenvalue weighted by molar-refractivity contribution is 14.1. The standard InChI is InChI=1S/C8H20IN2O3PS.C2H6/c1-8(2)14-15(16,12-3)11-5-7-13-6-4-10-9;1-2/h8,10H,4-7H2,1-3H3,(H,11,16);1-2H3. The molecule has 0 saturated carbocycles. The van der Waals surface area contributed by atoms with Gasteiger partial charge in [0.15, 0.2) is 0 Å². The van der Waals surface area contributed by atoms with Gasteiger partial charge in [-0.2, -0.15) is 0 Å². The van der Waals surface area contributed by atoms with E-state index in [1.54, 1.807) is 7.11 Å². The molecule has 0 aromatic rings. The SMILES string of the molecule is CC.COP(=S)(NCCOCCNI)OC(C)C. The van der Waals surface area contributed by atoms with Crippen LogP contribution in [0.2, 0.25) is 0 Å². The fourth-order valence-corrected chi connectivity index (χ4v) is 3.11. The molecule has 0 rings (SSSR count). The van der Waals surface area contributed by atoms with Gasteiger partial charge in [-0.1, -0.05) is 13.8 Å². The van der Waals surface area contributed by atoms with Crippen molar-refractivity contribution in [2.45, 2.75) is 33.8 Å². The van der Waals surface area contributed by atoms with Gasteiger partial charge in [0.2, 0.25) is 0 Å². The van der Waals surface area contributed by atoms with E-state index in [1.807, 2.05) is 27.7 Å². The van der Waals surface area contributed by atoms with E-state index < -0.39 is 6.64 Å². The van der Waals surface area contributed by atoms with Crippen LogP contribution in [0.1, 0.15) is 27.7 Å². The average molecular weight is 412 g/mol. The van der Waals surface area contributed by atoms with Crippen LogP contribution in [-0.2, 0) is 25.6 Å². The predicted octanol–water partition coefficient (Wildman–Crippen LogP) is 2.85. The van der Waals surface area contributed by atoms with Gasteiger partial charge in [0.05, 0.1) is 19.3 Å². The Morgan fingerprint density at radius 2 is 1.78 bits per heavy atom. The van der Waals surface area contributed by atoms with Gasteiger partial charge in [-0.25, -0.2) is 5.09 Å². The van der Waals surface area contributed by atoms with E-state index in [0.717, 1.165) is 6.54 Å². The van der Waals surface area contributed by atoms with Gasteiger partial charge in [0.1, 0.15) is 0 Å². The summed E-state index contributed by atoms with van der Waals surface area (Å²) in [6, 6.07) is 0. The van der Waals surface area contributed by atoms with Crippen LogP contribution in [0.25, 0.3) is 0 Å². The molecule has 112 valence electrons. The Bertz CT molecular complexity index is 223. The number of hydrogen-bond donors (Lipinski definition) is 2. The number of halogens is 1. The van der Waals surface area contributed by atoms with Crippen LogP contribution in [0, 0.1) is 0 Å². The second-order valence-corrected chi connectivity index (χ2v) is 7.33. The second-order valence-electron chi connectivity index (χ2n) is 3.24. The lowest BCUT2D eigenvalue weighted by Gasteiger charge is -2.23. The maximum absolute atomic E-state index is 5.54. The highest BCUT2D eigenvalue weighted by Crippen LogP contribution is 2.43. The van der Waals surface area contributed by atoms with Crippen LogP contribution in [0.3, 0.4) is 0 Å². The number of rotatable bonds is 10. The molecule has 0 saturated heterocycles. The van der Waals surface area contributed by atoms with Crippen LogP contribution in [0.5, 0.6) is 0 Å². The third kappa shape index (κ3) is 13.6. The Morgan fingerprint density at radius 3 is 2.22 bits per heavy atom. The van der Waals surface area contributed by atoms with E-state index in [4.69, 9.17) is 25.6 Å². The fraction of sp³-hybridized carbons (Fsp3) is 1.00. The molecular weight excluding hydrogens is 386 g/mol. The van der Waals surface area contributed by atoms with Gasteiger partial charge >= 0.3 is 0 Å². The maximum Gasteiger partial charge on any atom is 0.261 e. The number of nitrogens with one attached hydrogen (secondary N) is 2. The topological polar surface area (TPSA) is 51.8 Å². The molecule has 0 aliphatic carbocycles. The smallest absolute Gasteiger partial charge is 0.261 e. The largest absolute Gasteiger partial charge is 0.379 e. The first-order valence-electron chi connectivity index (χ1n) is 6.04. The third-order valence-corrected chi connectivity index (χ3v) is 4.91. The first-order valence-corrected chi connectivity index (χ1v) is 9.76. The Morgan fingerprint density at radius 1 is 1.22 bits per heavy atom. The summed E-state index contributed by atoms with van der Waals surface area (Å²) in [4.78, 5) is 0. The fourth-order valence-electron chi connectivity index (χ4n) is 0.890. The van der Waals surface area contributed by atoms with Crippen molar-refractivity contribution in [1.82, 2.24) is 8.62 Å². The molecule has 0 aliphatic rings. The highest BCUT2D eigenvalue weighted by Gasteiger charge is 2.17. The molecule has 5 nitrogen and oxygen atoms in total. The summed E-state index contributed by atoms with van der Waals surface area (Å²) in [5.41, 5.74) is 0. The Labute approximate surface area is 130 Å². The lowest BCUT2D eigenvalue weighted by atomic mass is 10.5. The average Bonchev–Trinajstić information content (AvgIpc) is 2.35. The molecule has 0 aromatic heterocycles.